The van der Waals surface area contributed by atoms with Crippen molar-refractivity contribution in [2.75, 3.05) is 13.1 Å². The quantitative estimate of drug-likeness (QED) is 0.882. The minimum absolute atomic E-state index is 0.0137. The first kappa shape index (κ1) is 17.8. The molecule has 1 saturated heterocycles. The van der Waals surface area contributed by atoms with Crippen molar-refractivity contribution in [3.8, 4) is 0 Å². The molecule has 0 spiro atoms. The van der Waals surface area contributed by atoms with Crippen LogP contribution in [0.2, 0.25) is 5.02 Å². The summed E-state index contributed by atoms with van der Waals surface area (Å²) < 4.78 is 0. The zero-order valence-corrected chi connectivity index (χ0v) is 14.3. The van der Waals surface area contributed by atoms with Crippen LogP contribution >= 0.6 is 11.6 Å². The predicted molar refractivity (Wildman–Crippen MR) is 91.3 cm³/mol. The maximum absolute atomic E-state index is 12.8. The Labute approximate surface area is 142 Å². The molecular weight excluding hydrogens is 314 g/mol. The number of amides is 2. The molecule has 1 aliphatic heterocycles. The number of nitrogens with two attached hydrogens (primary N) is 1. The fourth-order valence-electron chi connectivity index (χ4n) is 2.78. The van der Waals surface area contributed by atoms with Gasteiger partial charge in [-0.3, -0.25) is 9.59 Å². The van der Waals surface area contributed by atoms with E-state index < -0.39 is 6.04 Å². The first-order chi connectivity index (χ1) is 10.9. The first-order valence-corrected chi connectivity index (χ1v) is 8.37. The molecule has 2 unspecified atom stereocenters. The number of carbonyl (C=O) groups excluding carboxylic acids is 2. The SMILES string of the molecule is CC(C)C(NC(=O)c1ccccc1Cl)C(=O)N1CCCC(N)C1. The summed E-state index contributed by atoms with van der Waals surface area (Å²) in [6, 6.07) is 6.25. The van der Waals surface area contributed by atoms with Gasteiger partial charge in [-0.2, -0.15) is 0 Å². The molecule has 6 heteroatoms. The fraction of sp³-hybridized carbons (Fsp3) is 0.529. The number of carbonyl (C=O) groups is 2. The number of nitrogens with zero attached hydrogens (tertiary/aromatic N) is 1. The highest BCUT2D eigenvalue weighted by Crippen LogP contribution is 2.17. The lowest BCUT2D eigenvalue weighted by Crippen LogP contribution is -2.55. The summed E-state index contributed by atoms with van der Waals surface area (Å²) in [5, 5.41) is 3.21. The van der Waals surface area contributed by atoms with Gasteiger partial charge >= 0.3 is 0 Å². The van der Waals surface area contributed by atoms with Crippen molar-refractivity contribution in [3.63, 3.8) is 0 Å². The monoisotopic (exact) mass is 337 g/mol. The van der Waals surface area contributed by atoms with Gasteiger partial charge in [0.25, 0.3) is 5.91 Å². The molecule has 2 amide bonds. The van der Waals surface area contributed by atoms with Gasteiger partial charge in [0, 0.05) is 19.1 Å². The Kier molecular flexibility index (Phi) is 6.02. The smallest absolute Gasteiger partial charge is 0.253 e. The number of nitrogens with one attached hydrogen (secondary N) is 1. The van der Waals surface area contributed by atoms with Gasteiger partial charge < -0.3 is 16.0 Å². The molecule has 0 radical (unpaired) electrons. The average molecular weight is 338 g/mol. The van der Waals surface area contributed by atoms with Crippen LogP contribution in [-0.2, 0) is 4.79 Å². The van der Waals surface area contributed by atoms with Gasteiger partial charge in [0.1, 0.15) is 6.04 Å². The molecule has 1 aromatic carbocycles. The number of likely N-dealkylation sites (tertiary alicyclic amines) is 1. The summed E-state index contributed by atoms with van der Waals surface area (Å²) in [7, 11) is 0. The number of halogens is 1. The van der Waals surface area contributed by atoms with Crippen LogP contribution in [0.1, 0.15) is 37.0 Å². The average Bonchev–Trinajstić information content (AvgIpc) is 2.52. The minimum atomic E-state index is -0.580. The molecule has 0 saturated carbocycles. The van der Waals surface area contributed by atoms with Gasteiger partial charge in [-0.05, 0) is 30.9 Å². The van der Waals surface area contributed by atoms with Crippen LogP contribution in [0.3, 0.4) is 0 Å². The van der Waals surface area contributed by atoms with E-state index >= 15 is 0 Å². The highest BCUT2D eigenvalue weighted by Gasteiger charge is 2.31. The summed E-state index contributed by atoms with van der Waals surface area (Å²) in [4.78, 5) is 27.0. The molecule has 2 atom stereocenters. The molecule has 5 nitrogen and oxygen atoms in total. The predicted octanol–water partition coefficient (Wildman–Crippen LogP) is 2.04. The molecule has 1 aromatic rings. The molecule has 1 heterocycles. The zero-order chi connectivity index (χ0) is 17.0. The molecule has 0 bridgehead atoms. The Balaban J connectivity index is 2.11. The third-order valence-corrected chi connectivity index (χ3v) is 4.44. The second kappa shape index (κ2) is 7.79. The van der Waals surface area contributed by atoms with Crippen LogP contribution in [0.15, 0.2) is 24.3 Å². The van der Waals surface area contributed by atoms with E-state index in [0.29, 0.717) is 23.7 Å². The molecule has 0 aromatic heterocycles. The van der Waals surface area contributed by atoms with E-state index in [0.717, 1.165) is 12.8 Å². The molecule has 0 aliphatic carbocycles. The van der Waals surface area contributed by atoms with Crippen molar-refractivity contribution in [1.82, 2.24) is 10.2 Å². The Morgan fingerprint density at radius 3 is 2.65 bits per heavy atom. The second-order valence-electron chi connectivity index (χ2n) is 6.36. The molecule has 1 aliphatic rings. The van der Waals surface area contributed by atoms with Crippen LogP contribution < -0.4 is 11.1 Å². The number of benzene rings is 1. The van der Waals surface area contributed by atoms with E-state index in [2.05, 4.69) is 5.32 Å². The van der Waals surface area contributed by atoms with Crippen molar-refractivity contribution < 1.29 is 9.59 Å². The molecule has 23 heavy (non-hydrogen) atoms. The molecule has 2 rings (SSSR count). The van der Waals surface area contributed by atoms with E-state index in [1.165, 1.54) is 0 Å². The normalized spacial score (nSPS) is 19.5. The minimum Gasteiger partial charge on any atom is -0.340 e. The lowest BCUT2D eigenvalue weighted by molar-refractivity contribution is -0.135. The summed E-state index contributed by atoms with van der Waals surface area (Å²) in [6.07, 6.45) is 1.83. The van der Waals surface area contributed by atoms with E-state index in [1.807, 2.05) is 13.8 Å². The van der Waals surface area contributed by atoms with E-state index in [9.17, 15) is 9.59 Å². The standard InChI is InChI=1S/C17H24ClN3O2/c1-11(2)15(17(23)21-9-5-6-12(19)10-21)20-16(22)13-7-3-4-8-14(13)18/h3-4,7-8,11-12,15H,5-6,9-10,19H2,1-2H3,(H,20,22). The Morgan fingerprint density at radius 2 is 2.04 bits per heavy atom. The Morgan fingerprint density at radius 1 is 1.35 bits per heavy atom. The third kappa shape index (κ3) is 4.45. The summed E-state index contributed by atoms with van der Waals surface area (Å²) in [5.41, 5.74) is 6.33. The second-order valence-corrected chi connectivity index (χ2v) is 6.77. The van der Waals surface area contributed by atoms with Crippen molar-refractivity contribution in [2.24, 2.45) is 11.7 Å². The summed E-state index contributed by atoms with van der Waals surface area (Å²) >= 11 is 6.06. The molecule has 126 valence electrons. The van der Waals surface area contributed by atoms with Crippen molar-refractivity contribution in [1.29, 1.82) is 0 Å². The van der Waals surface area contributed by atoms with Gasteiger partial charge in [0.2, 0.25) is 5.91 Å². The summed E-state index contributed by atoms with van der Waals surface area (Å²) in [5.74, 6) is -0.424. The Bertz CT molecular complexity index is 577. The van der Waals surface area contributed by atoms with Crippen LogP contribution in [0.4, 0.5) is 0 Å². The largest absolute Gasteiger partial charge is 0.340 e. The van der Waals surface area contributed by atoms with Crippen LogP contribution in [0, 0.1) is 5.92 Å². The van der Waals surface area contributed by atoms with Crippen LogP contribution in [0.25, 0.3) is 0 Å². The van der Waals surface area contributed by atoms with Crippen molar-refractivity contribution in [3.05, 3.63) is 34.9 Å². The number of hydrogen-bond acceptors (Lipinski definition) is 3. The molecule has 3 N–H and O–H groups in total. The van der Waals surface area contributed by atoms with Gasteiger partial charge in [0.05, 0.1) is 10.6 Å². The lowest BCUT2D eigenvalue weighted by Gasteiger charge is -2.34. The number of hydrogen-bond donors (Lipinski definition) is 2. The maximum atomic E-state index is 12.8. The highest BCUT2D eigenvalue weighted by molar-refractivity contribution is 6.33. The van der Waals surface area contributed by atoms with E-state index in [4.69, 9.17) is 17.3 Å². The van der Waals surface area contributed by atoms with Crippen LogP contribution in [0.5, 0.6) is 0 Å². The summed E-state index contributed by atoms with van der Waals surface area (Å²) in [6.45, 7) is 5.07. The van der Waals surface area contributed by atoms with Gasteiger partial charge in [-0.25, -0.2) is 0 Å². The topological polar surface area (TPSA) is 75.4 Å². The van der Waals surface area contributed by atoms with Crippen LogP contribution in [-0.4, -0.2) is 41.9 Å². The van der Waals surface area contributed by atoms with Gasteiger partial charge in [-0.15, -0.1) is 0 Å². The zero-order valence-electron chi connectivity index (χ0n) is 13.6. The first-order valence-electron chi connectivity index (χ1n) is 8.00. The lowest BCUT2D eigenvalue weighted by atomic mass is 9.99. The van der Waals surface area contributed by atoms with Crippen molar-refractivity contribution in [2.45, 2.75) is 38.8 Å². The molecule has 1 fully saturated rings. The van der Waals surface area contributed by atoms with Gasteiger partial charge in [0.15, 0.2) is 0 Å². The maximum Gasteiger partial charge on any atom is 0.253 e. The third-order valence-electron chi connectivity index (χ3n) is 4.11. The fourth-order valence-corrected chi connectivity index (χ4v) is 3.01. The number of piperidine rings is 1. The van der Waals surface area contributed by atoms with Crippen molar-refractivity contribution >= 4 is 23.4 Å². The van der Waals surface area contributed by atoms with E-state index in [-0.39, 0.29) is 23.8 Å². The number of rotatable bonds is 4. The molecular formula is C17H24ClN3O2. The Hall–Kier alpha value is -1.59. The highest BCUT2D eigenvalue weighted by atomic mass is 35.5. The van der Waals surface area contributed by atoms with E-state index in [1.54, 1.807) is 29.2 Å². The van der Waals surface area contributed by atoms with Gasteiger partial charge in [-0.1, -0.05) is 37.6 Å².